The Morgan fingerprint density at radius 2 is 1.54 bits per heavy atom. The molecule has 6 heteroatoms. The summed E-state index contributed by atoms with van der Waals surface area (Å²) in [5.74, 6) is 0. The van der Waals surface area contributed by atoms with Gasteiger partial charge in [0, 0.05) is 39.2 Å². The molecule has 2 nitrogen and oxygen atoms in total. The zero-order chi connectivity index (χ0) is 19.9. The Bertz CT molecular complexity index is 1130. The molecule has 1 atom stereocenters. The highest BCUT2D eigenvalue weighted by molar-refractivity contribution is 6.31. The largest absolute Gasteiger partial charge is 0.402 e. The minimum Gasteiger partial charge on any atom is -0.361 e. The number of nitrogens with one attached hydrogen (secondary N) is 2. The molecule has 2 aromatic heterocycles. The number of H-pyrrole nitrogens is 2. The maximum Gasteiger partial charge on any atom is 0.402 e. The van der Waals surface area contributed by atoms with E-state index >= 15 is 0 Å². The van der Waals surface area contributed by atoms with Crippen LogP contribution < -0.4 is 0 Å². The maximum atomic E-state index is 14.9. The van der Waals surface area contributed by atoms with Crippen LogP contribution in [-0.4, -0.2) is 16.1 Å². The average molecular weight is 405 g/mol. The van der Waals surface area contributed by atoms with Crippen LogP contribution >= 0.6 is 11.6 Å². The van der Waals surface area contributed by atoms with Crippen LogP contribution in [0.25, 0.3) is 21.8 Å². The molecule has 0 fully saturated rings. The van der Waals surface area contributed by atoms with Gasteiger partial charge in [-0.25, -0.2) is 0 Å². The zero-order valence-electron chi connectivity index (χ0n) is 15.3. The fourth-order valence-corrected chi connectivity index (χ4v) is 4.35. The van der Waals surface area contributed by atoms with Gasteiger partial charge in [0.1, 0.15) is 5.41 Å². The molecule has 0 aliphatic carbocycles. The van der Waals surface area contributed by atoms with E-state index in [1.165, 1.54) is 12.4 Å². The Kier molecular flexibility index (Phi) is 4.66. The van der Waals surface area contributed by atoms with E-state index in [2.05, 4.69) is 9.97 Å². The Balaban J connectivity index is 2.08. The van der Waals surface area contributed by atoms with E-state index in [0.29, 0.717) is 39.7 Å². The third-order valence-corrected chi connectivity index (χ3v) is 5.78. The molecule has 0 saturated heterocycles. The van der Waals surface area contributed by atoms with Crippen LogP contribution in [0.15, 0.2) is 54.9 Å². The molecular formula is C22H20ClF3N2. The van der Waals surface area contributed by atoms with Crippen molar-refractivity contribution in [3.63, 3.8) is 0 Å². The van der Waals surface area contributed by atoms with Gasteiger partial charge >= 0.3 is 6.18 Å². The number of aromatic amines is 2. The number of unbranched alkanes of at least 4 members (excludes halogenated alkanes) is 1. The minimum atomic E-state index is -4.47. The van der Waals surface area contributed by atoms with Crippen LogP contribution in [0.1, 0.15) is 37.3 Å². The molecule has 2 heterocycles. The number of para-hydroxylation sites is 1. The summed E-state index contributed by atoms with van der Waals surface area (Å²) in [4.78, 5) is 6.03. The summed E-state index contributed by atoms with van der Waals surface area (Å²) < 4.78 is 44.7. The standard InChI is InChI=1S/C22H20ClF3N2/c1-2-3-10-21(22(24,25)26,17-12-27-19-7-5-4-6-15(17)19)18-13-28-20-11-14(23)8-9-16(18)20/h4-9,11-13,27-28H,2-3,10H2,1H3. The van der Waals surface area contributed by atoms with Gasteiger partial charge in [-0.05, 0) is 35.7 Å². The smallest absolute Gasteiger partial charge is 0.361 e. The summed E-state index contributed by atoms with van der Waals surface area (Å²) in [6.07, 6.45) is -0.353. The highest BCUT2D eigenvalue weighted by Gasteiger charge is 2.58. The molecule has 28 heavy (non-hydrogen) atoms. The van der Waals surface area contributed by atoms with Crippen molar-refractivity contribution >= 4 is 33.4 Å². The van der Waals surface area contributed by atoms with Gasteiger partial charge in [0.05, 0.1) is 0 Å². The van der Waals surface area contributed by atoms with E-state index in [4.69, 9.17) is 11.6 Å². The SMILES string of the molecule is CCCCC(c1c[nH]c2ccccc12)(c1c[nH]c2cc(Cl)ccc12)C(F)(F)F. The maximum absolute atomic E-state index is 14.9. The minimum absolute atomic E-state index is 0.0234. The summed E-state index contributed by atoms with van der Waals surface area (Å²) in [6.45, 7) is 1.91. The van der Waals surface area contributed by atoms with E-state index in [9.17, 15) is 13.2 Å². The van der Waals surface area contributed by atoms with Crippen LogP contribution in [-0.2, 0) is 5.41 Å². The number of fused-ring (bicyclic) bond motifs is 2. The van der Waals surface area contributed by atoms with Crippen molar-refractivity contribution in [2.75, 3.05) is 0 Å². The van der Waals surface area contributed by atoms with E-state index < -0.39 is 11.6 Å². The third kappa shape index (κ3) is 2.80. The molecule has 0 aliphatic rings. The van der Waals surface area contributed by atoms with Crippen LogP contribution in [0.4, 0.5) is 13.2 Å². The molecule has 2 N–H and O–H groups in total. The molecular weight excluding hydrogens is 385 g/mol. The first-order valence-corrected chi connectivity index (χ1v) is 9.66. The molecule has 4 aromatic rings. The number of benzene rings is 2. The number of aromatic nitrogens is 2. The molecule has 4 rings (SSSR count). The Labute approximate surface area is 165 Å². The highest BCUT2D eigenvalue weighted by Crippen LogP contribution is 2.53. The fraction of sp³-hybridized carbons (Fsp3) is 0.273. The Morgan fingerprint density at radius 1 is 0.893 bits per heavy atom. The predicted molar refractivity (Wildman–Crippen MR) is 108 cm³/mol. The average Bonchev–Trinajstić information content (AvgIpc) is 3.26. The number of rotatable bonds is 5. The molecule has 0 bridgehead atoms. The van der Waals surface area contributed by atoms with E-state index in [1.54, 1.807) is 36.4 Å². The topological polar surface area (TPSA) is 31.6 Å². The monoisotopic (exact) mass is 404 g/mol. The molecule has 1 unspecified atom stereocenters. The van der Waals surface area contributed by atoms with E-state index in [0.717, 1.165) is 0 Å². The second-order valence-electron chi connectivity index (χ2n) is 7.15. The number of hydrogen-bond donors (Lipinski definition) is 2. The van der Waals surface area contributed by atoms with Crippen molar-refractivity contribution in [1.82, 2.24) is 9.97 Å². The Morgan fingerprint density at radius 3 is 2.21 bits per heavy atom. The van der Waals surface area contributed by atoms with Gasteiger partial charge in [0.15, 0.2) is 0 Å². The normalized spacial score (nSPS) is 14.6. The number of halogens is 4. The second-order valence-corrected chi connectivity index (χ2v) is 7.58. The van der Waals surface area contributed by atoms with Gasteiger partial charge in [-0.1, -0.05) is 55.6 Å². The molecule has 0 spiro atoms. The molecule has 0 aliphatic heterocycles. The van der Waals surface area contributed by atoms with Crippen molar-refractivity contribution < 1.29 is 13.2 Å². The summed E-state index contributed by atoms with van der Waals surface area (Å²) in [6, 6.07) is 12.1. The van der Waals surface area contributed by atoms with Crippen LogP contribution in [0.5, 0.6) is 0 Å². The third-order valence-electron chi connectivity index (χ3n) is 5.54. The first-order chi connectivity index (χ1) is 13.4. The summed E-state index contributed by atoms with van der Waals surface area (Å²) in [7, 11) is 0. The van der Waals surface area contributed by atoms with Gasteiger partial charge in [0.25, 0.3) is 0 Å². The lowest BCUT2D eigenvalue weighted by Gasteiger charge is -2.36. The van der Waals surface area contributed by atoms with Crippen LogP contribution in [0.3, 0.4) is 0 Å². The molecule has 146 valence electrons. The van der Waals surface area contributed by atoms with Crippen LogP contribution in [0.2, 0.25) is 5.02 Å². The Hall–Kier alpha value is -2.40. The lowest BCUT2D eigenvalue weighted by molar-refractivity contribution is -0.179. The molecule has 0 amide bonds. The lowest BCUT2D eigenvalue weighted by atomic mass is 9.70. The first-order valence-electron chi connectivity index (χ1n) is 9.29. The molecule has 0 saturated carbocycles. The van der Waals surface area contributed by atoms with Crippen molar-refractivity contribution in [3.8, 4) is 0 Å². The predicted octanol–water partition coefficient (Wildman–Crippen LogP) is 7.34. The van der Waals surface area contributed by atoms with Crippen LogP contribution in [0, 0.1) is 0 Å². The zero-order valence-corrected chi connectivity index (χ0v) is 16.1. The molecule has 2 aromatic carbocycles. The number of hydrogen-bond acceptors (Lipinski definition) is 0. The lowest BCUT2D eigenvalue weighted by Crippen LogP contribution is -2.43. The van der Waals surface area contributed by atoms with E-state index in [1.807, 2.05) is 13.0 Å². The number of alkyl halides is 3. The van der Waals surface area contributed by atoms with Gasteiger partial charge < -0.3 is 9.97 Å². The van der Waals surface area contributed by atoms with E-state index in [-0.39, 0.29) is 17.5 Å². The van der Waals surface area contributed by atoms with Gasteiger partial charge in [-0.2, -0.15) is 13.2 Å². The van der Waals surface area contributed by atoms with Gasteiger partial charge in [-0.3, -0.25) is 0 Å². The van der Waals surface area contributed by atoms with Crippen molar-refractivity contribution in [3.05, 3.63) is 71.0 Å². The summed E-state index contributed by atoms with van der Waals surface area (Å²) in [5.41, 5.74) is -0.308. The fourth-order valence-electron chi connectivity index (χ4n) is 4.18. The van der Waals surface area contributed by atoms with Gasteiger partial charge in [-0.15, -0.1) is 0 Å². The van der Waals surface area contributed by atoms with Crippen molar-refractivity contribution in [2.24, 2.45) is 0 Å². The summed E-state index contributed by atoms with van der Waals surface area (Å²) >= 11 is 6.05. The quantitative estimate of drug-likeness (QED) is 0.348. The van der Waals surface area contributed by atoms with Crippen molar-refractivity contribution in [2.45, 2.75) is 37.8 Å². The second kappa shape index (κ2) is 6.89. The van der Waals surface area contributed by atoms with Gasteiger partial charge in [0.2, 0.25) is 0 Å². The molecule has 0 radical (unpaired) electrons. The first kappa shape index (κ1) is 18.9. The van der Waals surface area contributed by atoms with Crippen molar-refractivity contribution in [1.29, 1.82) is 0 Å². The highest BCUT2D eigenvalue weighted by atomic mass is 35.5. The summed E-state index contributed by atoms with van der Waals surface area (Å²) in [5, 5.41) is 1.63.